The van der Waals surface area contributed by atoms with Gasteiger partial charge in [-0.1, -0.05) is 25.1 Å². The van der Waals surface area contributed by atoms with Gasteiger partial charge >= 0.3 is 0 Å². The Hall–Kier alpha value is -1.02. The van der Waals surface area contributed by atoms with Crippen molar-refractivity contribution in [1.82, 2.24) is 4.90 Å². The molecule has 2 N–H and O–H groups in total. The van der Waals surface area contributed by atoms with Crippen LogP contribution < -0.4 is 5.73 Å². The van der Waals surface area contributed by atoms with E-state index in [4.69, 9.17) is 5.73 Å². The van der Waals surface area contributed by atoms with Crippen molar-refractivity contribution in [3.63, 3.8) is 0 Å². The topological polar surface area (TPSA) is 29.3 Å². The summed E-state index contributed by atoms with van der Waals surface area (Å²) >= 11 is 0. The lowest BCUT2D eigenvalue weighted by atomic mass is 9.92. The minimum Gasteiger partial charge on any atom is -0.399 e. The molecule has 0 aliphatic carbocycles. The zero-order valence-electron chi connectivity index (χ0n) is 11.0. The molecule has 2 unspecified atom stereocenters. The Morgan fingerprint density at radius 1 is 1.29 bits per heavy atom. The van der Waals surface area contributed by atoms with Crippen molar-refractivity contribution in [1.29, 1.82) is 0 Å². The third kappa shape index (κ3) is 3.01. The molecule has 2 atom stereocenters. The van der Waals surface area contributed by atoms with Gasteiger partial charge in [0.2, 0.25) is 0 Å². The fourth-order valence-electron chi connectivity index (χ4n) is 2.76. The maximum absolute atomic E-state index is 5.98. The van der Waals surface area contributed by atoms with Crippen molar-refractivity contribution < 1.29 is 0 Å². The van der Waals surface area contributed by atoms with Crippen LogP contribution in [0.1, 0.15) is 32.3 Å². The van der Waals surface area contributed by atoms with E-state index in [0.717, 1.165) is 24.6 Å². The van der Waals surface area contributed by atoms with E-state index in [1.54, 1.807) is 0 Å². The molecule has 0 spiro atoms. The number of likely N-dealkylation sites (tertiary alicyclic amines) is 1. The van der Waals surface area contributed by atoms with Crippen LogP contribution in [-0.2, 0) is 6.42 Å². The first-order chi connectivity index (χ1) is 8.18. The number of para-hydroxylation sites is 1. The summed E-state index contributed by atoms with van der Waals surface area (Å²) in [5.74, 6) is 0.830. The Balaban J connectivity index is 1.92. The largest absolute Gasteiger partial charge is 0.399 e. The van der Waals surface area contributed by atoms with Gasteiger partial charge in [-0.3, -0.25) is 0 Å². The van der Waals surface area contributed by atoms with Gasteiger partial charge < -0.3 is 10.6 Å². The van der Waals surface area contributed by atoms with Crippen molar-refractivity contribution >= 4 is 5.69 Å². The number of hydrogen-bond acceptors (Lipinski definition) is 2. The number of nitrogens with two attached hydrogens (primary N) is 1. The third-order valence-corrected chi connectivity index (χ3v) is 4.23. The van der Waals surface area contributed by atoms with E-state index in [9.17, 15) is 0 Å². The van der Waals surface area contributed by atoms with E-state index in [1.165, 1.54) is 24.9 Å². The molecule has 1 heterocycles. The van der Waals surface area contributed by atoms with Gasteiger partial charge in [0.15, 0.2) is 0 Å². The SMILES string of the molecule is CC1CCCN(CCc2ccccc2N)C1C. The number of piperidine rings is 1. The highest BCUT2D eigenvalue weighted by Crippen LogP contribution is 2.23. The van der Waals surface area contributed by atoms with Crippen molar-refractivity contribution in [3.8, 4) is 0 Å². The van der Waals surface area contributed by atoms with E-state index in [2.05, 4.69) is 30.9 Å². The van der Waals surface area contributed by atoms with E-state index in [0.29, 0.717) is 6.04 Å². The van der Waals surface area contributed by atoms with Gasteiger partial charge in [0, 0.05) is 18.3 Å². The summed E-state index contributed by atoms with van der Waals surface area (Å²) in [6.45, 7) is 7.11. The summed E-state index contributed by atoms with van der Waals surface area (Å²) in [6, 6.07) is 8.94. The van der Waals surface area contributed by atoms with Gasteiger partial charge in [-0.25, -0.2) is 0 Å². The summed E-state index contributed by atoms with van der Waals surface area (Å²) in [6.07, 6.45) is 3.80. The van der Waals surface area contributed by atoms with Gasteiger partial charge in [0.25, 0.3) is 0 Å². The molecule has 2 nitrogen and oxygen atoms in total. The molecule has 0 saturated carbocycles. The Kier molecular flexibility index (Phi) is 4.06. The van der Waals surface area contributed by atoms with Crippen LogP contribution in [0.5, 0.6) is 0 Å². The van der Waals surface area contributed by atoms with E-state index in [-0.39, 0.29) is 0 Å². The van der Waals surface area contributed by atoms with Gasteiger partial charge in [-0.05, 0) is 50.3 Å². The van der Waals surface area contributed by atoms with Crippen LogP contribution in [0.2, 0.25) is 0 Å². The number of nitrogens with zero attached hydrogens (tertiary/aromatic N) is 1. The average molecular weight is 232 g/mol. The standard InChI is InChI=1S/C15H24N2/c1-12-6-5-10-17(13(12)2)11-9-14-7-3-4-8-15(14)16/h3-4,7-8,12-13H,5-6,9-11,16H2,1-2H3. The Morgan fingerprint density at radius 3 is 2.82 bits per heavy atom. The van der Waals surface area contributed by atoms with E-state index in [1.807, 2.05) is 12.1 Å². The highest BCUT2D eigenvalue weighted by Gasteiger charge is 2.23. The predicted octanol–water partition coefficient (Wildman–Crippen LogP) is 2.93. The van der Waals surface area contributed by atoms with Crippen LogP contribution in [0.3, 0.4) is 0 Å². The van der Waals surface area contributed by atoms with Crippen LogP contribution in [0.25, 0.3) is 0 Å². The van der Waals surface area contributed by atoms with Gasteiger partial charge in [0.05, 0.1) is 0 Å². The lowest BCUT2D eigenvalue weighted by Gasteiger charge is -2.38. The lowest BCUT2D eigenvalue weighted by molar-refractivity contribution is 0.115. The first-order valence-electron chi connectivity index (χ1n) is 6.76. The van der Waals surface area contributed by atoms with Crippen molar-refractivity contribution in [2.45, 2.75) is 39.2 Å². The molecule has 1 aliphatic heterocycles. The second-order valence-electron chi connectivity index (χ2n) is 5.34. The lowest BCUT2D eigenvalue weighted by Crippen LogP contribution is -2.43. The maximum atomic E-state index is 5.98. The molecule has 94 valence electrons. The molecule has 2 rings (SSSR count). The first-order valence-corrected chi connectivity index (χ1v) is 6.76. The van der Waals surface area contributed by atoms with Gasteiger partial charge in [0.1, 0.15) is 0 Å². The Labute approximate surface area is 105 Å². The number of rotatable bonds is 3. The van der Waals surface area contributed by atoms with Crippen LogP contribution >= 0.6 is 0 Å². The van der Waals surface area contributed by atoms with Crippen LogP contribution in [0.15, 0.2) is 24.3 Å². The summed E-state index contributed by atoms with van der Waals surface area (Å²) in [7, 11) is 0. The molecular formula is C15H24N2. The summed E-state index contributed by atoms with van der Waals surface area (Å²) < 4.78 is 0. The fraction of sp³-hybridized carbons (Fsp3) is 0.600. The number of benzene rings is 1. The number of anilines is 1. The quantitative estimate of drug-likeness (QED) is 0.812. The highest BCUT2D eigenvalue weighted by atomic mass is 15.2. The molecule has 2 heteroatoms. The Bertz CT molecular complexity index is 362. The molecular weight excluding hydrogens is 208 g/mol. The van der Waals surface area contributed by atoms with Crippen molar-refractivity contribution in [2.75, 3.05) is 18.8 Å². The van der Waals surface area contributed by atoms with Gasteiger partial charge in [-0.2, -0.15) is 0 Å². The predicted molar refractivity (Wildman–Crippen MR) is 74.0 cm³/mol. The van der Waals surface area contributed by atoms with E-state index >= 15 is 0 Å². The average Bonchev–Trinajstić information content (AvgIpc) is 2.33. The highest BCUT2D eigenvalue weighted by molar-refractivity contribution is 5.46. The van der Waals surface area contributed by atoms with Crippen molar-refractivity contribution in [2.24, 2.45) is 5.92 Å². The molecule has 1 aliphatic rings. The molecule has 1 saturated heterocycles. The summed E-state index contributed by atoms with van der Waals surface area (Å²) in [5.41, 5.74) is 8.20. The summed E-state index contributed by atoms with van der Waals surface area (Å²) in [4.78, 5) is 2.61. The fourth-order valence-corrected chi connectivity index (χ4v) is 2.76. The molecule has 17 heavy (non-hydrogen) atoms. The second-order valence-corrected chi connectivity index (χ2v) is 5.34. The molecule has 1 aromatic carbocycles. The molecule has 0 amide bonds. The number of hydrogen-bond donors (Lipinski definition) is 1. The van der Waals surface area contributed by atoms with Crippen molar-refractivity contribution in [3.05, 3.63) is 29.8 Å². The summed E-state index contributed by atoms with van der Waals surface area (Å²) in [5, 5.41) is 0. The zero-order valence-corrected chi connectivity index (χ0v) is 11.0. The first kappa shape index (κ1) is 12.4. The molecule has 1 aromatic rings. The molecule has 1 fully saturated rings. The van der Waals surface area contributed by atoms with Crippen LogP contribution in [-0.4, -0.2) is 24.0 Å². The van der Waals surface area contributed by atoms with Crippen LogP contribution in [0, 0.1) is 5.92 Å². The minimum atomic E-state index is 0.716. The minimum absolute atomic E-state index is 0.716. The van der Waals surface area contributed by atoms with Crippen LogP contribution in [0.4, 0.5) is 5.69 Å². The third-order valence-electron chi connectivity index (χ3n) is 4.23. The molecule has 0 aromatic heterocycles. The normalized spacial score (nSPS) is 26.0. The van der Waals surface area contributed by atoms with E-state index < -0.39 is 0 Å². The number of nitrogen functional groups attached to an aromatic ring is 1. The monoisotopic (exact) mass is 232 g/mol. The van der Waals surface area contributed by atoms with Gasteiger partial charge in [-0.15, -0.1) is 0 Å². The smallest absolute Gasteiger partial charge is 0.0347 e. The molecule has 0 radical (unpaired) electrons. The zero-order chi connectivity index (χ0) is 12.3. The molecule has 0 bridgehead atoms. The second kappa shape index (κ2) is 5.54. The maximum Gasteiger partial charge on any atom is 0.0347 e. The Morgan fingerprint density at radius 2 is 2.06 bits per heavy atom.